The molecule has 2 aliphatic rings. The second kappa shape index (κ2) is 4.59. The van der Waals surface area contributed by atoms with Gasteiger partial charge in [0.1, 0.15) is 11.1 Å². The number of aliphatic imine (C=N–C) groups is 1. The van der Waals surface area contributed by atoms with Crippen LogP contribution in [0.25, 0.3) is 0 Å². The molecule has 2 atom stereocenters. The number of carbonyl (C=O) groups is 2. The highest BCUT2D eigenvalue weighted by Gasteiger charge is 2.63. The van der Waals surface area contributed by atoms with Crippen LogP contribution in [0.3, 0.4) is 0 Å². The predicted octanol–water partition coefficient (Wildman–Crippen LogP) is 1.33. The molecule has 1 saturated heterocycles. The van der Waals surface area contributed by atoms with Crippen LogP contribution in [0.15, 0.2) is 16.8 Å². The van der Waals surface area contributed by atoms with Gasteiger partial charge in [-0.15, -0.1) is 23.4 Å². The highest BCUT2D eigenvalue weighted by atomic mass is 35.5. The quantitative estimate of drug-likeness (QED) is 0.483. The van der Waals surface area contributed by atoms with Crippen LogP contribution >= 0.6 is 23.4 Å². The minimum atomic E-state index is -1.09. The fourth-order valence-electron chi connectivity index (χ4n) is 2.18. The number of carboxylic acid groups (broad SMARTS) is 1. The summed E-state index contributed by atoms with van der Waals surface area (Å²) in [5.41, 5.74) is -0.204. The smallest absolute Gasteiger partial charge is 0.352 e. The summed E-state index contributed by atoms with van der Waals surface area (Å²) in [5, 5.41) is 8.75. The second-order valence-corrected chi connectivity index (χ2v) is 5.75. The summed E-state index contributed by atoms with van der Waals surface area (Å²) in [6.45, 7) is 3.59. The van der Waals surface area contributed by atoms with Crippen molar-refractivity contribution in [3.8, 4) is 0 Å². The van der Waals surface area contributed by atoms with E-state index in [4.69, 9.17) is 16.7 Å². The van der Waals surface area contributed by atoms with Gasteiger partial charge in [0.25, 0.3) is 5.91 Å². The van der Waals surface area contributed by atoms with Crippen molar-refractivity contribution in [3.05, 3.63) is 11.8 Å². The number of carbonyl (C=O) groups excluding carboxylic acids is 1. The van der Waals surface area contributed by atoms with Crippen molar-refractivity contribution in [1.82, 2.24) is 4.90 Å². The monoisotopic (exact) mass is 288 g/mol. The Morgan fingerprint density at radius 3 is 2.89 bits per heavy atom. The zero-order valence-corrected chi connectivity index (χ0v) is 11.6. The number of β-lactam (4-membered cyclic amide) rings is 1. The Balaban J connectivity index is 2.38. The molecule has 0 bridgehead atoms. The molecule has 0 aromatic rings. The van der Waals surface area contributed by atoms with E-state index in [0.29, 0.717) is 5.75 Å². The first kappa shape index (κ1) is 13.4. The van der Waals surface area contributed by atoms with Crippen LogP contribution in [0.5, 0.6) is 0 Å². The van der Waals surface area contributed by atoms with Crippen molar-refractivity contribution >= 4 is 41.0 Å². The van der Waals surface area contributed by atoms with Crippen LogP contribution < -0.4 is 0 Å². The van der Waals surface area contributed by atoms with Gasteiger partial charge in [-0.1, -0.05) is 0 Å². The molecule has 5 nitrogen and oxygen atoms in total. The molecule has 0 saturated carbocycles. The maximum absolute atomic E-state index is 12.2. The number of fused-ring (bicyclic) bond motifs is 1. The molecular weight excluding hydrogens is 276 g/mol. The van der Waals surface area contributed by atoms with Crippen LogP contribution in [-0.4, -0.2) is 50.1 Å². The van der Waals surface area contributed by atoms with E-state index in [0.717, 1.165) is 5.71 Å². The average Bonchev–Trinajstić information content (AvgIpc) is 2.34. The first-order valence-electron chi connectivity index (χ1n) is 5.42. The van der Waals surface area contributed by atoms with Crippen molar-refractivity contribution in [3.63, 3.8) is 0 Å². The molecule has 7 heteroatoms. The average molecular weight is 289 g/mol. The highest BCUT2D eigenvalue weighted by Crippen LogP contribution is 2.47. The van der Waals surface area contributed by atoms with Gasteiger partial charge < -0.3 is 5.11 Å². The minimum absolute atomic E-state index is 0.0356. The Hall–Kier alpha value is -1.01. The van der Waals surface area contributed by atoms with E-state index in [-0.39, 0.29) is 22.9 Å². The van der Waals surface area contributed by atoms with Gasteiger partial charge in [0.05, 0.1) is 5.88 Å². The predicted molar refractivity (Wildman–Crippen MR) is 71.0 cm³/mol. The lowest BCUT2D eigenvalue weighted by molar-refractivity contribution is -0.153. The third-order valence-electron chi connectivity index (χ3n) is 2.87. The van der Waals surface area contributed by atoms with Gasteiger partial charge in [-0.05, 0) is 19.9 Å². The van der Waals surface area contributed by atoms with Crippen molar-refractivity contribution in [1.29, 1.82) is 0 Å². The molecular formula is C11H13ClN2O3S. The Kier molecular flexibility index (Phi) is 3.42. The summed E-state index contributed by atoms with van der Waals surface area (Å²) in [4.78, 5) is 28.9. The lowest BCUT2D eigenvalue weighted by Crippen LogP contribution is -2.73. The number of hydrogen-bond donors (Lipinski definition) is 1. The molecule has 98 valence electrons. The van der Waals surface area contributed by atoms with Gasteiger partial charge in [-0.25, -0.2) is 4.79 Å². The molecule has 0 unspecified atom stereocenters. The van der Waals surface area contributed by atoms with E-state index in [1.54, 1.807) is 19.9 Å². The minimum Gasteiger partial charge on any atom is -0.477 e. The van der Waals surface area contributed by atoms with Gasteiger partial charge in [-0.3, -0.25) is 14.7 Å². The summed E-state index contributed by atoms with van der Waals surface area (Å²) >= 11 is 7.40. The van der Waals surface area contributed by atoms with Crippen LogP contribution in [0.2, 0.25) is 0 Å². The highest BCUT2D eigenvalue weighted by molar-refractivity contribution is 8.00. The third kappa shape index (κ3) is 1.75. The van der Waals surface area contributed by atoms with E-state index in [2.05, 4.69) is 4.99 Å². The van der Waals surface area contributed by atoms with Gasteiger partial charge in [0.15, 0.2) is 5.54 Å². The molecule has 18 heavy (non-hydrogen) atoms. The van der Waals surface area contributed by atoms with Crippen LogP contribution in [0, 0.1) is 0 Å². The Morgan fingerprint density at radius 2 is 2.39 bits per heavy atom. The number of amides is 1. The van der Waals surface area contributed by atoms with Crippen LogP contribution in [-0.2, 0) is 9.59 Å². The number of thioether (sulfide) groups is 1. The van der Waals surface area contributed by atoms with E-state index in [1.807, 2.05) is 0 Å². The molecule has 1 amide bonds. The summed E-state index contributed by atoms with van der Waals surface area (Å²) in [7, 11) is 0. The van der Waals surface area contributed by atoms with E-state index in [9.17, 15) is 9.59 Å². The maximum Gasteiger partial charge on any atom is 0.352 e. The molecule has 0 aromatic heterocycles. The van der Waals surface area contributed by atoms with E-state index < -0.39 is 11.5 Å². The van der Waals surface area contributed by atoms with Gasteiger partial charge >= 0.3 is 5.97 Å². The molecule has 2 aliphatic heterocycles. The first-order valence-corrected chi connectivity index (χ1v) is 7.00. The topological polar surface area (TPSA) is 70.0 Å². The number of nitrogens with zero attached hydrogens (tertiary/aromatic N) is 2. The van der Waals surface area contributed by atoms with Crippen molar-refractivity contribution in [2.75, 3.05) is 11.6 Å². The molecule has 1 fully saturated rings. The van der Waals surface area contributed by atoms with E-state index >= 15 is 0 Å². The summed E-state index contributed by atoms with van der Waals surface area (Å²) < 4.78 is 0. The van der Waals surface area contributed by atoms with Crippen LogP contribution in [0.4, 0.5) is 0 Å². The zero-order chi connectivity index (χ0) is 13.5. The molecule has 0 radical (unpaired) electrons. The molecule has 1 N–H and O–H groups in total. The molecule has 2 rings (SSSR count). The third-order valence-corrected chi connectivity index (χ3v) is 4.55. The summed E-state index contributed by atoms with van der Waals surface area (Å²) in [5.74, 6) is -0.802. The van der Waals surface area contributed by atoms with Crippen molar-refractivity contribution in [2.24, 2.45) is 4.99 Å². The SMILES string of the molecule is CC(C)=N[C@]1(CCl)C(=O)N2C(C(=O)O)=CCS[C@H]21. The van der Waals surface area contributed by atoms with Crippen LogP contribution in [0.1, 0.15) is 13.8 Å². The number of hydrogen-bond acceptors (Lipinski definition) is 4. The van der Waals surface area contributed by atoms with Gasteiger partial charge in [0, 0.05) is 11.5 Å². The number of halogens is 1. The lowest BCUT2D eigenvalue weighted by atomic mass is 9.89. The maximum atomic E-state index is 12.2. The molecule has 2 heterocycles. The Bertz CT molecular complexity index is 473. The molecule has 0 aromatic carbocycles. The first-order chi connectivity index (χ1) is 8.44. The fourth-order valence-corrected chi connectivity index (χ4v) is 3.90. The van der Waals surface area contributed by atoms with Gasteiger partial charge in [-0.2, -0.15) is 0 Å². The summed E-state index contributed by atoms with van der Waals surface area (Å²) in [6.07, 6.45) is 1.54. The summed E-state index contributed by atoms with van der Waals surface area (Å²) in [6, 6.07) is 0. The number of alkyl halides is 1. The molecule has 0 spiro atoms. The second-order valence-electron chi connectivity index (χ2n) is 4.37. The number of aliphatic carboxylic acids is 1. The van der Waals surface area contributed by atoms with Crippen molar-refractivity contribution < 1.29 is 14.7 Å². The fraction of sp³-hybridized carbons (Fsp3) is 0.545. The molecule has 0 aliphatic carbocycles. The normalized spacial score (nSPS) is 30.2. The standard InChI is InChI=1S/C11H13ClN2O3S/c1-6(2)13-11(5-12)9(17)14-7(8(15)16)3-4-18-10(11)14/h3,10H,4-5H2,1-2H3,(H,15,16)/t10-,11+/m0/s1. The number of carboxylic acids is 1. The zero-order valence-electron chi connectivity index (χ0n) is 10.0. The van der Waals surface area contributed by atoms with Crippen molar-refractivity contribution in [2.45, 2.75) is 24.8 Å². The Morgan fingerprint density at radius 1 is 1.72 bits per heavy atom. The Labute approximate surface area is 114 Å². The lowest BCUT2D eigenvalue weighted by Gasteiger charge is -2.53. The number of rotatable bonds is 3. The van der Waals surface area contributed by atoms with Gasteiger partial charge in [0.2, 0.25) is 0 Å². The largest absolute Gasteiger partial charge is 0.477 e. The van der Waals surface area contributed by atoms with E-state index in [1.165, 1.54) is 16.7 Å².